The number of carbonyl (C=O) groups is 3. The molecule has 0 unspecified atom stereocenters. The summed E-state index contributed by atoms with van der Waals surface area (Å²) in [5, 5.41) is 5.86. The molecule has 0 radical (unpaired) electrons. The van der Waals surface area contributed by atoms with Crippen molar-refractivity contribution in [1.82, 2.24) is 15.5 Å². The van der Waals surface area contributed by atoms with Crippen LogP contribution in [0.4, 0.5) is 4.79 Å². The lowest BCUT2D eigenvalue weighted by Gasteiger charge is -2.32. The molecule has 9 heteroatoms. The van der Waals surface area contributed by atoms with Crippen LogP contribution in [0.25, 0.3) is 0 Å². The summed E-state index contributed by atoms with van der Waals surface area (Å²) in [5.74, 6) is 0.562. The molecule has 2 rings (SSSR count). The summed E-state index contributed by atoms with van der Waals surface area (Å²) in [6.45, 7) is 6.89. The van der Waals surface area contributed by atoms with Gasteiger partial charge in [-0.3, -0.25) is 9.59 Å². The average Bonchev–Trinajstić information content (AvgIpc) is 2.69. The van der Waals surface area contributed by atoms with Gasteiger partial charge in [0.25, 0.3) is 5.91 Å². The van der Waals surface area contributed by atoms with Crippen LogP contribution in [-0.4, -0.2) is 61.2 Å². The molecule has 8 nitrogen and oxygen atoms in total. The predicted octanol–water partition coefficient (Wildman–Crippen LogP) is 2.60. The molecule has 1 saturated heterocycles. The Morgan fingerprint density at radius 2 is 1.73 bits per heavy atom. The molecule has 2 N–H and O–H groups in total. The quantitative estimate of drug-likeness (QED) is 0.680. The first-order chi connectivity index (χ1) is 14.1. The van der Waals surface area contributed by atoms with Crippen molar-refractivity contribution in [3.8, 4) is 5.75 Å². The van der Waals surface area contributed by atoms with Gasteiger partial charge < -0.3 is 25.0 Å². The van der Waals surface area contributed by atoms with Crippen molar-refractivity contribution in [2.45, 2.75) is 39.2 Å². The summed E-state index contributed by atoms with van der Waals surface area (Å²) in [6.07, 6.45) is 0.976. The Bertz CT molecular complexity index is 725. The maximum atomic E-state index is 12.3. The van der Waals surface area contributed by atoms with Crippen LogP contribution >= 0.6 is 11.6 Å². The molecule has 166 valence electrons. The lowest BCUT2D eigenvalue weighted by atomic mass is 9.97. The molecule has 0 aromatic heterocycles. The van der Waals surface area contributed by atoms with Crippen molar-refractivity contribution in [1.29, 1.82) is 0 Å². The summed E-state index contributed by atoms with van der Waals surface area (Å²) in [4.78, 5) is 37.5. The van der Waals surface area contributed by atoms with Crippen LogP contribution in [0.1, 0.15) is 33.6 Å². The first-order valence-corrected chi connectivity index (χ1v) is 10.4. The van der Waals surface area contributed by atoms with E-state index in [9.17, 15) is 14.4 Å². The first-order valence-electron chi connectivity index (χ1n) is 10.0. The van der Waals surface area contributed by atoms with Crippen LogP contribution in [-0.2, 0) is 14.3 Å². The number of rotatable bonds is 7. The molecule has 1 aromatic carbocycles. The lowest BCUT2D eigenvalue weighted by Crippen LogP contribution is -2.45. The van der Waals surface area contributed by atoms with Crippen molar-refractivity contribution in [2.75, 3.05) is 32.8 Å². The number of likely N-dealkylation sites (tertiary alicyclic amines) is 1. The number of alkyl carbamates (subject to hydrolysis) is 1. The summed E-state index contributed by atoms with van der Waals surface area (Å²) in [6, 6.07) is 6.87. The topological polar surface area (TPSA) is 97.0 Å². The van der Waals surface area contributed by atoms with Crippen LogP contribution in [0.2, 0.25) is 5.02 Å². The molecule has 1 fully saturated rings. The van der Waals surface area contributed by atoms with Gasteiger partial charge >= 0.3 is 6.09 Å². The molecular formula is C21H30ClN3O5. The standard InChI is InChI=1S/C21H30ClN3O5/c1-21(2,3)30-20(28)24-13-18(26)23-12-15-8-10-25(11-9-15)19(27)14-29-17-6-4-16(22)5-7-17/h4-7,15H,8-14H2,1-3H3,(H,23,26)(H,24,28). The van der Waals surface area contributed by atoms with Gasteiger partial charge in [0, 0.05) is 24.7 Å². The Labute approximate surface area is 182 Å². The number of halogens is 1. The summed E-state index contributed by atoms with van der Waals surface area (Å²) < 4.78 is 10.6. The maximum Gasteiger partial charge on any atom is 0.408 e. The Balaban J connectivity index is 1.60. The molecule has 0 aliphatic carbocycles. The number of nitrogens with zero attached hydrogens (tertiary/aromatic N) is 1. The van der Waals surface area contributed by atoms with E-state index in [1.807, 2.05) is 0 Å². The molecule has 0 atom stereocenters. The highest BCUT2D eigenvalue weighted by Crippen LogP contribution is 2.18. The number of benzene rings is 1. The van der Waals surface area contributed by atoms with Gasteiger partial charge in [-0.1, -0.05) is 11.6 Å². The second-order valence-corrected chi connectivity index (χ2v) is 8.66. The third-order valence-electron chi connectivity index (χ3n) is 4.52. The fourth-order valence-electron chi connectivity index (χ4n) is 2.94. The number of nitrogens with one attached hydrogen (secondary N) is 2. The molecule has 30 heavy (non-hydrogen) atoms. The highest BCUT2D eigenvalue weighted by molar-refractivity contribution is 6.30. The van der Waals surface area contributed by atoms with E-state index in [1.165, 1.54) is 0 Å². The second-order valence-electron chi connectivity index (χ2n) is 8.23. The highest BCUT2D eigenvalue weighted by atomic mass is 35.5. The number of hydrogen-bond donors (Lipinski definition) is 2. The third-order valence-corrected chi connectivity index (χ3v) is 4.78. The van der Waals surface area contributed by atoms with Crippen molar-refractivity contribution in [3.05, 3.63) is 29.3 Å². The molecule has 1 aliphatic rings. The molecular weight excluding hydrogens is 410 g/mol. The van der Waals surface area contributed by atoms with Gasteiger partial charge in [-0.05, 0) is 63.8 Å². The zero-order chi connectivity index (χ0) is 22.1. The van der Waals surface area contributed by atoms with Gasteiger partial charge in [0.2, 0.25) is 5.91 Å². The molecule has 0 spiro atoms. The van der Waals surface area contributed by atoms with Gasteiger partial charge in [0.1, 0.15) is 11.4 Å². The summed E-state index contributed by atoms with van der Waals surface area (Å²) in [7, 11) is 0. The molecule has 3 amide bonds. The van der Waals surface area contributed by atoms with Crippen LogP contribution in [0.15, 0.2) is 24.3 Å². The fourth-order valence-corrected chi connectivity index (χ4v) is 3.07. The van der Waals surface area contributed by atoms with Crippen LogP contribution in [0, 0.1) is 5.92 Å². The van der Waals surface area contributed by atoms with Crippen LogP contribution in [0.3, 0.4) is 0 Å². The second kappa shape index (κ2) is 11.1. The fraction of sp³-hybridized carbons (Fsp3) is 0.571. The number of ether oxygens (including phenoxy) is 2. The molecule has 0 bridgehead atoms. The van der Waals surface area contributed by atoms with E-state index >= 15 is 0 Å². The Morgan fingerprint density at radius 1 is 1.10 bits per heavy atom. The van der Waals surface area contributed by atoms with Crippen LogP contribution < -0.4 is 15.4 Å². The molecule has 1 aromatic rings. The van der Waals surface area contributed by atoms with E-state index in [0.29, 0.717) is 30.4 Å². The van der Waals surface area contributed by atoms with E-state index < -0.39 is 11.7 Å². The minimum atomic E-state index is -0.620. The highest BCUT2D eigenvalue weighted by Gasteiger charge is 2.23. The average molecular weight is 440 g/mol. The summed E-state index contributed by atoms with van der Waals surface area (Å²) >= 11 is 5.83. The van der Waals surface area contributed by atoms with Gasteiger partial charge in [0.15, 0.2) is 6.61 Å². The first kappa shape index (κ1) is 23.8. The largest absolute Gasteiger partial charge is 0.484 e. The minimum Gasteiger partial charge on any atom is -0.484 e. The van der Waals surface area contributed by atoms with Crippen molar-refractivity contribution in [2.24, 2.45) is 5.92 Å². The molecule has 0 saturated carbocycles. The predicted molar refractivity (Wildman–Crippen MR) is 113 cm³/mol. The summed E-state index contributed by atoms with van der Waals surface area (Å²) in [5.41, 5.74) is -0.605. The van der Waals surface area contributed by atoms with E-state index in [4.69, 9.17) is 21.1 Å². The number of carbonyl (C=O) groups excluding carboxylic acids is 3. The Hall–Kier alpha value is -2.48. The number of hydrogen-bond acceptors (Lipinski definition) is 5. The van der Waals surface area contributed by atoms with Crippen molar-refractivity contribution < 1.29 is 23.9 Å². The van der Waals surface area contributed by atoms with Crippen molar-refractivity contribution >= 4 is 29.5 Å². The minimum absolute atomic E-state index is 0.0145. The van der Waals surface area contributed by atoms with Crippen molar-refractivity contribution in [3.63, 3.8) is 0 Å². The van der Waals surface area contributed by atoms with Crippen LogP contribution in [0.5, 0.6) is 5.75 Å². The zero-order valence-electron chi connectivity index (χ0n) is 17.7. The van der Waals surface area contributed by atoms with E-state index in [2.05, 4.69) is 10.6 Å². The monoisotopic (exact) mass is 439 g/mol. The van der Waals surface area contributed by atoms with E-state index in [0.717, 1.165) is 12.8 Å². The number of piperidine rings is 1. The smallest absolute Gasteiger partial charge is 0.408 e. The molecule has 1 heterocycles. The zero-order valence-corrected chi connectivity index (χ0v) is 18.5. The van der Waals surface area contributed by atoms with Gasteiger partial charge in [-0.25, -0.2) is 4.79 Å². The number of amides is 3. The SMILES string of the molecule is CC(C)(C)OC(=O)NCC(=O)NCC1CCN(C(=O)COc2ccc(Cl)cc2)CC1. The van der Waals surface area contributed by atoms with Gasteiger partial charge in [-0.15, -0.1) is 0 Å². The lowest BCUT2D eigenvalue weighted by molar-refractivity contribution is -0.135. The van der Waals surface area contributed by atoms with Gasteiger partial charge in [0.05, 0.1) is 6.54 Å². The Kier molecular flexibility index (Phi) is 8.77. The van der Waals surface area contributed by atoms with E-state index in [-0.39, 0.29) is 30.9 Å². The molecule has 1 aliphatic heterocycles. The Morgan fingerprint density at radius 3 is 2.33 bits per heavy atom. The maximum absolute atomic E-state index is 12.3. The third kappa shape index (κ3) is 8.90. The van der Waals surface area contributed by atoms with Gasteiger partial charge in [-0.2, -0.15) is 0 Å². The normalized spacial score (nSPS) is 14.7. The van der Waals surface area contributed by atoms with E-state index in [1.54, 1.807) is 49.9 Å².